The van der Waals surface area contributed by atoms with Gasteiger partial charge in [-0.1, -0.05) is 0 Å². The summed E-state index contributed by atoms with van der Waals surface area (Å²) < 4.78 is 27.0. The van der Waals surface area contributed by atoms with Crippen LogP contribution in [0.1, 0.15) is 52.8 Å². The van der Waals surface area contributed by atoms with E-state index in [0.717, 1.165) is 41.3 Å². The number of nitrogens with one attached hydrogen (secondary N) is 1. The van der Waals surface area contributed by atoms with Crippen molar-refractivity contribution in [1.29, 1.82) is 0 Å². The zero-order valence-electron chi connectivity index (χ0n) is 22.0. The fourth-order valence-electron chi connectivity index (χ4n) is 5.64. The third-order valence-corrected chi connectivity index (χ3v) is 7.66. The fraction of sp³-hybridized carbons (Fsp3) is 0.393. The number of ether oxygens (including phenoxy) is 2. The Morgan fingerprint density at radius 2 is 2.03 bits per heavy atom. The van der Waals surface area contributed by atoms with Gasteiger partial charge in [0.1, 0.15) is 18.5 Å². The van der Waals surface area contributed by atoms with Crippen molar-refractivity contribution in [3.8, 4) is 11.4 Å². The van der Waals surface area contributed by atoms with Crippen molar-refractivity contribution in [2.75, 3.05) is 20.1 Å². The van der Waals surface area contributed by atoms with Crippen LogP contribution in [0.2, 0.25) is 0 Å². The Labute approximate surface area is 223 Å². The molecule has 0 radical (unpaired) electrons. The number of rotatable bonds is 9. The highest BCUT2D eigenvalue weighted by Crippen LogP contribution is 2.41. The number of hydrogen-bond acceptors (Lipinski definition) is 7. The molecule has 204 valence electrons. The lowest BCUT2D eigenvalue weighted by Crippen LogP contribution is -2.34. The molecular weight excluding hydrogens is 507 g/mol. The van der Waals surface area contributed by atoms with Crippen molar-refractivity contribution >= 4 is 29.9 Å². The molecule has 5 rings (SSSR count). The zero-order valence-corrected chi connectivity index (χ0v) is 22.0. The van der Waals surface area contributed by atoms with Gasteiger partial charge in [-0.25, -0.2) is 14.2 Å². The summed E-state index contributed by atoms with van der Waals surface area (Å²) in [6.45, 7) is 4.17. The molecule has 0 spiro atoms. The number of pyridine rings is 2. The lowest BCUT2D eigenvalue weighted by molar-refractivity contribution is -0.129. The maximum Gasteiger partial charge on any atom is 0.410 e. The first kappa shape index (κ1) is 26.3. The van der Waals surface area contributed by atoms with Gasteiger partial charge >= 0.3 is 6.09 Å². The molecule has 2 aliphatic rings. The molecule has 3 heterocycles. The molecule has 1 aliphatic carbocycles. The SMILES string of the molecule is Cc1c(F)cc2nc3c(c4c2c1CCC4)Cn1c-3cc(C(C)OC(=O)N(C)CCNC=O)c(COC=O)c1=O. The van der Waals surface area contributed by atoms with Crippen LogP contribution in [-0.2, 0) is 45.1 Å². The van der Waals surface area contributed by atoms with Crippen LogP contribution in [0.4, 0.5) is 9.18 Å². The van der Waals surface area contributed by atoms with Crippen molar-refractivity contribution in [2.24, 2.45) is 0 Å². The van der Waals surface area contributed by atoms with Gasteiger partial charge < -0.3 is 24.3 Å². The van der Waals surface area contributed by atoms with E-state index in [2.05, 4.69) is 5.32 Å². The molecule has 3 aromatic rings. The molecule has 1 unspecified atom stereocenters. The normalized spacial score (nSPS) is 13.8. The highest BCUT2D eigenvalue weighted by molar-refractivity contribution is 5.92. The van der Waals surface area contributed by atoms with Crippen LogP contribution in [-0.4, -0.2) is 53.6 Å². The molecule has 0 saturated heterocycles. The average molecular weight is 537 g/mol. The van der Waals surface area contributed by atoms with Gasteiger partial charge in [0.05, 0.1) is 29.0 Å². The number of amides is 2. The van der Waals surface area contributed by atoms with E-state index in [0.29, 0.717) is 41.0 Å². The molecule has 0 fully saturated rings. The molecule has 0 saturated carbocycles. The minimum Gasteiger partial charge on any atom is -0.463 e. The average Bonchev–Trinajstić information content (AvgIpc) is 3.30. The smallest absolute Gasteiger partial charge is 0.410 e. The van der Waals surface area contributed by atoms with Crippen molar-refractivity contribution in [2.45, 2.75) is 52.4 Å². The summed E-state index contributed by atoms with van der Waals surface area (Å²) in [6, 6.07) is 3.19. The molecule has 1 N–H and O–H groups in total. The monoisotopic (exact) mass is 536 g/mol. The van der Waals surface area contributed by atoms with E-state index >= 15 is 0 Å². The van der Waals surface area contributed by atoms with Crippen LogP contribution in [0.25, 0.3) is 22.3 Å². The third kappa shape index (κ3) is 4.51. The van der Waals surface area contributed by atoms with Crippen LogP contribution >= 0.6 is 0 Å². The van der Waals surface area contributed by atoms with Crippen LogP contribution in [0.3, 0.4) is 0 Å². The zero-order chi connectivity index (χ0) is 27.8. The van der Waals surface area contributed by atoms with E-state index < -0.39 is 12.2 Å². The number of fused-ring (bicyclic) bond motifs is 4. The maximum absolute atomic E-state index is 14.8. The molecule has 0 bridgehead atoms. The molecule has 11 heteroatoms. The van der Waals surface area contributed by atoms with Gasteiger partial charge in [0.25, 0.3) is 12.0 Å². The third-order valence-electron chi connectivity index (χ3n) is 7.66. The Kier molecular flexibility index (Phi) is 7.07. The van der Waals surface area contributed by atoms with Crippen LogP contribution in [0, 0.1) is 12.7 Å². The van der Waals surface area contributed by atoms with E-state index in [4.69, 9.17) is 14.5 Å². The summed E-state index contributed by atoms with van der Waals surface area (Å²) in [4.78, 5) is 54.0. The number of halogens is 1. The first-order valence-electron chi connectivity index (χ1n) is 12.8. The maximum atomic E-state index is 14.8. The first-order chi connectivity index (χ1) is 18.8. The quantitative estimate of drug-likeness (QED) is 0.258. The Bertz CT molecular complexity index is 1570. The molecular formula is C28H29FN4O6. The van der Waals surface area contributed by atoms with Gasteiger partial charge in [-0.3, -0.25) is 14.4 Å². The van der Waals surface area contributed by atoms with Gasteiger partial charge in [0.15, 0.2) is 0 Å². The highest BCUT2D eigenvalue weighted by Gasteiger charge is 2.32. The van der Waals surface area contributed by atoms with Crippen LogP contribution in [0.5, 0.6) is 0 Å². The standard InChI is InChI=1S/C28H29FN4O6/c1-15-17-5-4-6-18-20-11-33-24(26(20)31-23(25(17)18)10-22(15)29)9-19(21(27(33)36)12-38-14-35)16(2)39-28(37)32(3)8-7-30-13-34/h9-10,13-14,16H,4-8,11-12H2,1-3H3,(H,30,34). The second kappa shape index (κ2) is 10.5. The fourth-order valence-corrected chi connectivity index (χ4v) is 5.64. The van der Waals surface area contributed by atoms with Crippen molar-refractivity contribution < 1.29 is 28.2 Å². The van der Waals surface area contributed by atoms with Gasteiger partial charge in [-0.2, -0.15) is 0 Å². The molecule has 1 aliphatic heterocycles. The number of hydrogen-bond donors (Lipinski definition) is 1. The summed E-state index contributed by atoms with van der Waals surface area (Å²) in [6.07, 6.45) is 1.48. The summed E-state index contributed by atoms with van der Waals surface area (Å²) in [5.74, 6) is -0.303. The molecule has 1 atom stereocenters. The van der Waals surface area contributed by atoms with E-state index in [1.807, 2.05) is 0 Å². The van der Waals surface area contributed by atoms with Crippen LogP contribution in [0.15, 0.2) is 16.9 Å². The van der Waals surface area contributed by atoms with E-state index in [1.54, 1.807) is 24.5 Å². The van der Waals surface area contributed by atoms with Gasteiger partial charge in [0, 0.05) is 42.7 Å². The molecule has 2 amide bonds. The number of carbonyl (C=O) groups excluding carboxylic acids is 3. The number of benzene rings is 1. The number of carbonyl (C=O) groups is 3. The second-order valence-electron chi connectivity index (χ2n) is 9.91. The summed E-state index contributed by atoms with van der Waals surface area (Å²) in [5.41, 5.74) is 5.53. The van der Waals surface area contributed by atoms with E-state index in [-0.39, 0.29) is 43.1 Å². The number of aromatic nitrogens is 2. The van der Waals surface area contributed by atoms with Gasteiger partial charge in [-0.15, -0.1) is 0 Å². The topological polar surface area (TPSA) is 120 Å². The first-order valence-corrected chi connectivity index (χ1v) is 12.8. The van der Waals surface area contributed by atoms with E-state index in [9.17, 15) is 23.6 Å². The Balaban J connectivity index is 1.60. The van der Waals surface area contributed by atoms with Crippen LogP contribution < -0.4 is 10.9 Å². The van der Waals surface area contributed by atoms with Crippen molar-refractivity contribution in [1.82, 2.24) is 19.8 Å². The van der Waals surface area contributed by atoms with Crippen molar-refractivity contribution in [3.05, 3.63) is 61.7 Å². The molecule has 10 nitrogen and oxygen atoms in total. The number of nitrogens with zero attached hydrogens (tertiary/aromatic N) is 3. The summed E-state index contributed by atoms with van der Waals surface area (Å²) >= 11 is 0. The predicted octanol–water partition coefficient (Wildman–Crippen LogP) is 2.91. The lowest BCUT2D eigenvalue weighted by Gasteiger charge is -2.22. The molecule has 39 heavy (non-hydrogen) atoms. The number of aryl methyl sites for hydroxylation is 2. The Morgan fingerprint density at radius 3 is 2.77 bits per heavy atom. The predicted molar refractivity (Wildman–Crippen MR) is 140 cm³/mol. The van der Waals surface area contributed by atoms with Crippen molar-refractivity contribution in [3.63, 3.8) is 0 Å². The van der Waals surface area contributed by atoms with Gasteiger partial charge in [-0.05, 0) is 55.9 Å². The Hall–Kier alpha value is -4.28. The minimum absolute atomic E-state index is 0.199. The lowest BCUT2D eigenvalue weighted by atomic mass is 9.85. The summed E-state index contributed by atoms with van der Waals surface area (Å²) in [7, 11) is 1.53. The largest absolute Gasteiger partial charge is 0.463 e. The highest BCUT2D eigenvalue weighted by atomic mass is 19.1. The summed E-state index contributed by atoms with van der Waals surface area (Å²) in [5, 5.41) is 3.45. The number of likely N-dealkylation sites (N-methyl/N-ethyl adjacent to an activating group) is 1. The molecule has 2 aromatic heterocycles. The van der Waals surface area contributed by atoms with E-state index in [1.165, 1.54) is 18.0 Å². The second-order valence-corrected chi connectivity index (χ2v) is 9.91. The van der Waals surface area contributed by atoms with Gasteiger partial charge in [0.2, 0.25) is 6.41 Å². The Morgan fingerprint density at radius 1 is 1.26 bits per heavy atom. The molecule has 1 aromatic carbocycles. The minimum atomic E-state index is -0.864.